The second kappa shape index (κ2) is 8.08. The number of ether oxygens (including phenoxy) is 2. The number of carbonyl (C=O) groups is 1. The lowest BCUT2D eigenvalue weighted by Crippen LogP contribution is -2.12. The molecule has 2 N–H and O–H groups in total. The summed E-state index contributed by atoms with van der Waals surface area (Å²) in [5.74, 6) is -1.33. The maximum Gasteiger partial charge on any atom is 0.342 e. The Morgan fingerprint density at radius 2 is 2.15 bits per heavy atom. The minimum atomic E-state index is -1.33. The van der Waals surface area contributed by atoms with Crippen molar-refractivity contribution in [3.8, 4) is 0 Å². The molecule has 110 valence electrons. The van der Waals surface area contributed by atoms with Crippen LogP contribution >= 0.6 is 0 Å². The van der Waals surface area contributed by atoms with Crippen molar-refractivity contribution in [1.82, 2.24) is 0 Å². The molecule has 1 aromatic carbocycles. The molecule has 0 amide bonds. The monoisotopic (exact) mass is 284 g/mol. The highest BCUT2D eigenvalue weighted by Gasteiger charge is 2.19. The fourth-order valence-corrected chi connectivity index (χ4v) is 1.49. The van der Waals surface area contributed by atoms with E-state index in [-0.39, 0.29) is 5.56 Å². The van der Waals surface area contributed by atoms with Gasteiger partial charge < -0.3 is 19.9 Å². The Morgan fingerprint density at radius 1 is 1.40 bits per heavy atom. The Morgan fingerprint density at radius 3 is 2.75 bits per heavy atom. The number of nitrogens with one attached hydrogen (secondary N) is 1. The Balaban J connectivity index is 2.57. The quantitative estimate of drug-likeness (QED) is 0.400. The molecule has 0 saturated heterocycles. The highest BCUT2D eigenvalue weighted by molar-refractivity contribution is 5.93. The van der Waals surface area contributed by atoms with Gasteiger partial charge in [-0.15, -0.1) is 0 Å². The van der Waals surface area contributed by atoms with Gasteiger partial charge in [-0.3, -0.25) is 10.1 Å². The lowest BCUT2D eigenvalue weighted by Gasteiger charge is -2.08. The van der Waals surface area contributed by atoms with Crippen molar-refractivity contribution in [3.05, 3.63) is 33.9 Å². The number of carboxylic acid groups (broad SMARTS) is 1. The molecule has 0 aliphatic heterocycles. The van der Waals surface area contributed by atoms with E-state index in [1.807, 2.05) is 0 Å². The summed E-state index contributed by atoms with van der Waals surface area (Å²) in [4.78, 5) is 20.9. The summed E-state index contributed by atoms with van der Waals surface area (Å²) < 4.78 is 10.0. The van der Waals surface area contributed by atoms with E-state index < -0.39 is 16.6 Å². The van der Waals surface area contributed by atoms with Crippen LogP contribution in [-0.4, -0.2) is 49.5 Å². The summed E-state index contributed by atoms with van der Waals surface area (Å²) in [7, 11) is 1.57. The molecule has 20 heavy (non-hydrogen) atoms. The summed E-state index contributed by atoms with van der Waals surface area (Å²) in [6.45, 7) is 1.83. The van der Waals surface area contributed by atoms with Crippen LogP contribution in [0.3, 0.4) is 0 Å². The molecule has 0 atom stereocenters. The van der Waals surface area contributed by atoms with Crippen LogP contribution in [0.15, 0.2) is 18.2 Å². The van der Waals surface area contributed by atoms with E-state index >= 15 is 0 Å². The van der Waals surface area contributed by atoms with Crippen LogP contribution < -0.4 is 5.32 Å². The molecule has 0 aliphatic carbocycles. The molecule has 0 unspecified atom stereocenters. The molecule has 0 saturated carbocycles. The molecule has 0 spiro atoms. The van der Waals surface area contributed by atoms with E-state index in [9.17, 15) is 14.9 Å². The number of methoxy groups -OCH3 is 1. The fourth-order valence-electron chi connectivity index (χ4n) is 1.49. The van der Waals surface area contributed by atoms with Gasteiger partial charge in [0.05, 0.1) is 24.7 Å². The SMILES string of the molecule is COCCOCCNc1ccc(C(=O)O)c([N+](=O)[O-])c1. The van der Waals surface area contributed by atoms with Crippen LogP contribution in [0, 0.1) is 10.1 Å². The number of aromatic carboxylic acids is 1. The largest absolute Gasteiger partial charge is 0.477 e. The lowest BCUT2D eigenvalue weighted by molar-refractivity contribution is -0.385. The highest BCUT2D eigenvalue weighted by Crippen LogP contribution is 2.23. The molecule has 0 aliphatic rings. The number of hydrogen-bond acceptors (Lipinski definition) is 6. The van der Waals surface area contributed by atoms with Crippen molar-refractivity contribution in [2.75, 3.05) is 38.8 Å². The molecule has 1 aromatic rings. The van der Waals surface area contributed by atoms with Gasteiger partial charge in [0, 0.05) is 25.4 Å². The van der Waals surface area contributed by atoms with Crippen molar-refractivity contribution in [1.29, 1.82) is 0 Å². The van der Waals surface area contributed by atoms with Crippen LogP contribution in [0.2, 0.25) is 0 Å². The maximum atomic E-state index is 10.8. The number of benzene rings is 1. The van der Waals surface area contributed by atoms with E-state index in [2.05, 4.69) is 5.32 Å². The Hall–Kier alpha value is -2.19. The van der Waals surface area contributed by atoms with Crippen LogP contribution in [0.25, 0.3) is 0 Å². The first-order chi connectivity index (χ1) is 9.56. The summed E-state index contributed by atoms with van der Waals surface area (Å²) in [6.07, 6.45) is 0. The van der Waals surface area contributed by atoms with Gasteiger partial charge in [-0.1, -0.05) is 0 Å². The summed E-state index contributed by atoms with van der Waals surface area (Å²) in [5.41, 5.74) is -0.309. The van der Waals surface area contributed by atoms with Gasteiger partial charge in [-0.2, -0.15) is 0 Å². The zero-order chi connectivity index (χ0) is 15.0. The number of anilines is 1. The van der Waals surface area contributed by atoms with Gasteiger partial charge >= 0.3 is 5.97 Å². The zero-order valence-corrected chi connectivity index (χ0v) is 11.0. The first-order valence-electron chi connectivity index (χ1n) is 5.88. The molecule has 0 heterocycles. The van der Waals surface area contributed by atoms with E-state index in [1.54, 1.807) is 7.11 Å². The van der Waals surface area contributed by atoms with Crippen molar-refractivity contribution in [2.45, 2.75) is 0 Å². The Labute approximate surface area is 115 Å². The molecule has 0 aromatic heterocycles. The first kappa shape index (κ1) is 15.9. The number of nitro groups is 1. The van der Waals surface area contributed by atoms with E-state index in [4.69, 9.17) is 14.6 Å². The van der Waals surface area contributed by atoms with E-state index in [0.29, 0.717) is 32.1 Å². The summed E-state index contributed by atoms with van der Waals surface area (Å²) in [5, 5.41) is 22.6. The summed E-state index contributed by atoms with van der Waals surface area (Å²) >= 11 is 0. The Kier molecular flexibility index (Phi) is 6.41. The topological polar surface area (TPSA) is 111 Å². The van der Waals surface area contributed by atoms with Gasteiger partial charge in [-0.25, -0.2) is 4.79 Å². The molecule has 1 rings (SSSR count). The van der Waals surface area contributed by atoms with Crippen LogP contribution in [-0.2, 0) is 9.47 Å². The van der Waals surface area contributed by atoms with Crippen LogP contribution in [0.1, 0.15) is 10.4 Å². The second-order valence-corrected chi connectivity index (χ2v) is 3.83. The number of nitro benzene ring substituents is 1. The average molecular weight is 284 g/mol. The van der Waals surface area contributed by atoms with E-state index in [1.165, 1.54) is 18.2 Å². The fraction of sp³-hybridized carbons (Fsp3) is 0.417. The summed E-state index contributed by atoms with van der Waals surface area (Å²) in [6, 6.07) is 3.87. The number of nitrogens with zero attached hydrogens (tertiary/aromatic N) is 1. The molecule has 8 heteroatoms. The zero-order valence-electron chi connectivity index (χ0n) is 11.0. The third-order valence-corrected chi connectivity index (χ3v) is 2.43. The predicted octanol–water partition coefficient (Wildman–Crippen LogP) is 1.37. The third kappa shape index (κ3) is 4.82. The highest BCUT2D eigenvalue weighted by atomic mass is 16.6. The number of hydrogen-bond donors (Lipinski definition) is 2. The molecular formula is C12H16N2O6. The van der Waals surface area contributed by atoms with Crippen molar-refractivity contribution < 1.29 is 24.3 Å². The van der Waals surface area contributed by atoms with Gasteiger partial charge in [-0.05, 0) is 12.1 Å². The predicted molar refractivity (Wildman–Crippen MR) is 71.2 cm³/mol. The van der Waals surface area contributed by atoms with Crippen molar-refractivity contribution >= 4 is 17.3 Å². The first-order valence-corrected chi connectivity index (χ1v) is 5.88. The van der Waals surface area contributed by atoms with Gasteiger partial charge in [0.1, 0.15) is 5.56 Å². The molecular weight excluding hydrogens is 268 g/mol. The molecule has 0 radical (unpaired) electrons. The minimum Gasteiger partial charge on any atom is -0.477 e. The van der Waals surface area contributed by atoms with Crippen LogP contribution in [0.5, 0.6) is 0 Å². The number of rotatable bonds is 9. The van der Waals surface area contributed by atoms with Crippen molar-refractivity contribution in [3.63, 3.8) is 0 Å². The van der Waals surface area contributed by atoms with Gasteiger partial charge in [0.15, 0.2) is 0 Å². The molecule has 8 nitrogen and oxygen atoms in total. The van der Waals surface area contributed by atoms with Crippen LogP contribution in [0.4, 0.5) is 11.4 Å². The Bertz CT molecular complexity index is 477. The average Bonchev–Trinajstić information content (AvgIpc) is 2.42. The minimum absolute atomic E-state index is 0.336. The number of carboxylic acids is 1. The lowest BCUT2D eigenvalue weighted by atomic mass is 10.1. The third-order valence-electron chi connectivity index (χ3n) is 2.43. The maximum absolute atomic E-state index is 10.8. The van der Waals surface area contributed by atoms with Crippen molar-refractivity contribution in [2.24, 2.45) is 0 Å². The van der Waals surface area contributed by atoms with Gasteiger partial charge in [0.2, 0.25) is 0 Å². The normalized spacial score (nSPS) is 10.2. The smallest absolute Gasteiger partial charge is 0.342 e. The van der Waals surface area contributed by atoms with Gasteiger partial charge in [0.25, 0.3) is 5.69 Å². The molecule has 0 fully saturated rings. The standard InChI is InChI=1S/C12H16N2O6/c1-19-6-7-20-5-4-13-9-2-3-10(12(15)16)11(8-9)14(17)18/h2-3,8,13H,4-7H2,1H3,(H,15,16). The van der Waals surface area contributed by atoms with E-state index in [0.717, 1.165) is 0 Å². The molecule has 0 bridgehead atoms. The second-order valence-electron chi connectivity index (χ2n) is 3.83.